The van der Waals surface area contributed by atoms with Crippen molar-refractivity contribution in [1.82, 2.24) is 0 Å². The number of fused-ring (bicyclic) bond motifs is 1. The zero-order valence-electron chi connectivity index (χ0n) is 13.5. The van der Waals surface area contributed by atoms with Crippen LogP contribution in [0.3, 0.4) is 0 Å². The van der Waals surface area contributed by atoms with Gasteiger partial charge >= 0.3 is 0 Å². The summed E-state index contributed by atoms with van der Waals surface area (Å²) in [5.41, 5.74) is 5.07. The molecule has 3 heteroatoms. The molecule has 2 atom stereocenters. The average Bonchev–Trinajstić information content (AvgIpc) is 2.54. The van der Waals surface area contributed by atoms with Crippen molar-refractivity contribution in [3.8, 4) is 0 Å². The van der Waals surface area contributed by atoms with E-state index in [0.717, 1.165) is 48.2 Å². The first kappa shape index (κ1) is 14.6. The van der Waals surface area contributed by atoms with Gasteiger partial charge in [-0.1, -0.05) is 29.8 Å². The van der Waals surface area contributed by atoms with E-state index in [-0.39, 0.29) is 23.4 Å². The van der Waals surface area contributed by atoms with Crippen molar-refractivity contribution >= 4 is 17.3 Å². The molecule has 1 heterocycles. The number of aliphatic imine (C=N–C) groups is 1. The first-order valence-corrected chi connectivity index (χ1v) is 8.58. The fourth-order valence-electron chi connectivity index (χ4n) is 4.23. The molecule has 1 unspecified atom stereocenters. The number of ketones is 2. The van der Waals surface area contributed by atoms with Gasteiger partial charge in [0.15, 0.2) is 5.78 Å². The molecule has 3 aliphatic rings. The molecule has 1 aromatic carbocycles. The van der Waals surface area contributed by atoms with E-state index in [1.54, 1.807) is 0 Å². The van der Waals surface area contributed by atoms with Crippen molar-refractivity contribution in [2.75, 3.05) is 0 Å². The molecule has 4 rings (SSSR count). The fraction of sp³-hybridized carbons (Fsp3) is 0.450. The topological polar surface area (TPSA) is 46.5 Å². The molecule has 1 fully saturated rings. The number of carbonyl (C=O) groups excluding carboxylic acids is 2. The summed E-state index contributed by atoms with van der Waals surface area (Å²) in [7, 11) is 0. The average molecular weight is 307 g/mol. The summed E-state index contributed by atoms with van der Waals surface area (Å²) in [5.74, 6) is 0.120. The molecule has 0 N–H and O–H groups in total. The van der Waals surface area contributed by atoms with Gasteiger partial charge in [0.1, 0.15) is 5.78 Å². The van der Waals surface area contributed by atoms with Gasteiger partial charge in [-0.05, 0) is 38.2 Å². The highest BCUT2D eigenvalue weighted by Gasteiger charge is 2.44. The van der Waals surface area contributed by atoms with Crippen LogP contribution in [0.25, 0.3) is 0 Å². The van der Waals surface area contributed by atoms with Crippen LogP contribution in [0.5, 0.6) is 0 Å². The minimum absolute atomic E-state index is 0.112. The zero-order valence-corrected chi connectivity index (χ0v) is 13.5. The Morgan fingerprint density at radius 1 is 0.913 bits per heavy atom. The minimum Gasteiger partial charge on any atom is -0.299 e. The van der Waals surface area contributed by atoms with Gasteiger partial charge in [-0.25, -0.2) is 0 Å². The summed E-state index contributed by atoms with van der Waals surface area (Å²) in [5, 5.41) is 0. The normalized spacial score (nSPS) is 27.4. The number of nitrogens with zero attached hydrogens (tertiary/aromatic N) is 1. The summed E-state index contributed by atoms with van der Waals surface area (Å²) >= 11 is 0. The number of allylic oxidation sites excluding steroid dienone is 2. The van der Waals surface area contributed by atoms with E-state index in [1.165, 1.54) is 5.56 Å². The summed E-state index contributed by atoms with van der Waals surface area (Å²) in [6.45, 7) is 2.06. The molecule has 0 saturated heterocycles. The Kier molecular flexibility index (Phi) is 3.51. The third-order valence-electron chi connectivity index (χ3n) is 5.35. The van der Waals surface area contributed by atoms with E-state index in [0.29, 0.717) is 12.8 Å². The van der Waals surface area contributed by atoms with E-state index in [1.807, 2.05) is 0 Å². The van der Waals surface area contributed by atoms with Crippen molar-refractivity contribution in [3.05, 3.63) is 46.7 Å². The molecule has 0 radical (unpaired) electrons. The van der Waals surface area contributed by atoms with Crippen LogP contribution in [0.15, 0.2) is 40.5 Å². The Morgan fingerprint density at radius 3 is 2.43 bits per heavy atom. The first-order chi connectivity index (χ1) is 11.1. The molecule has 1 saturated carbocycles. The van der Waals surface area contributed by atoms with Crippen LogP contribution < -0.4 is 0 Å². The Labute approximate surface area is 136 Å². The number of Topliss-reactive ketones (excluding diaryl/α,β-unsaturated/α-hetero) is 2. The number of hydrogen-bond donors (Lipinski definition) is 0. The lowest BCUT2D eigenvalue weighted by atomic mass is 9.67. The van der Waals surface area contributed by atoms with Crippen molar-refractivity contribution in [3.63, 3.8) is 0 Å². The van der Waals surface area contributed by atoms with Crippen LogP contribution in [-0.4, -0.2) is 17.3 Å². The third-order valence-corrected chi connectivity index (χ3v) is 5.35. The monoisotopic (exact) mass is 307 g/mol. The van der Waals surface area contributed by atoms with Gasteiger partial charge in [0.25, 0.3) is 0 Å². The van der Waals surface area contributed by atoms with Crippen LogP contribution in [-0.2, 0) is 9.59 Å². The Morgan fingerprint density at radius 2 is 1.65 bits per heavy atom. The maximum atomic E-state index is 12.6. The van der Waals surface area contributed by atoms with E-state index >= 15 is 0 Å². The molecule has 23 heavy (non-hydrogen) atoms. The predicted molar refractivity (Wildman–Crippen MR) is 89.6 cm³/mol. The highest BCUT2D eigenvalue weighted by atomic mass is 16.1. The van der Waals surface area contributed by atoms with E-state index in [2.05, 4.69) is 31.2 Å². The lowest BCUT2D eigenvalue weighted by Crippen LogP contribution is -2.39. The van der Waals surface area contributed by atoms with Crippen molar-refractivity contribution < 1.29 is 9.59 Å². The quantitative estimate of drug-likeness (QED) is 0.789. The Bertz CT molecular complexity index is 739. The molecule has 1 aliphatic heterocycles. The van der Waals surface area contributed by atoms with Gasteiger partial charge in [-0.2, -0.15) is 0 Å². The second-order valence-electron chi connectivity index (χ2n) is 6.93. The van der Waals surface area contributed by atoms with E-state index in [4.69, 9.17) is 4.99 Å². The maximum absolute atomic E-state index is 12.6. The van der Waals surface area contributed by atoms with Gasteiger partial charge in [0.05, 0.1) is 5.92 Å². The van der Waals surface area contributed by atoms with Crippen molar-refractivity contribution in [2.24, 2.45) is 10.9 Å². The fourth-order valence-corrected chi connectivity index (χ4v) is 4.23. The van der Waals surface area contributed by atoms with Gasteiger partial charge < -0.3 is 0 Å². The van der Waals surface area contributed by atoms with Crippen molar-refractivity contribution in [1.29, 1.82) is 0 Å². The number of rotatable bonds is 1. The van der Waals surface area contributed by atoms with Crippen molar-refractivity contribution in [2.45, 2.75) is 51.4 Å². The summed E-state index contributed by atoms with van der Waals surface area (Å²) in [4.78, 5) is 30.0. The molecule has 2 aliphatic carbocycles. The van der Waals surface area contributed by atoms with Gasteiger partial charge in [0.2, 0.25) is 0 Å². The second-order valence-corrected chi connectivity index (χ2v) is 6.93. The molecule has 1 aromatic rings. The van der Waals surface area contributed by atoms with Crippen LogP contribution in [0.1, 0.15) is 55.6 Å². The van der Waals surface area contributed by atoms with Gasteiger partial charge in [-0.3, -0.25) is 14.6 Å². The standard InChI is InChI=1S/C20H21NO2/c1-12-8-10-13(11-9-12)18-19-14(4-2-6-16(19)22)21-15-5-3-7-17(23)20(15)18/h8-11,18-19H,2-7H2,1H3/t18-,19?/m1/s1. The number of aryl methyl sites for hydroxylation is 1. The maximum Gasteiger partial charge on any atom is 0.161 e. The Hall–Kier alpha value is -2.03. The van der Waals surface area contributed by atoms with Crippen LogP contribution >= 0.6 is 0 Å². The summed E-state index contributed by atoms with van der Waals surface area (Å²) in [6, 6.07) is 8.30. The molecule has 118 valence electrons. The van der Waals surface area contributed by atoms with Crippen LogP contribution in [0, 0.1) is 12.8 Å². The Balaban J connectivity index is 1.89. The van der Waals surface area contributed by atoms with Crippen LogP contribution in [0.2, 0.25) is 0 Å². The lowest BCUT2D eigenvalue weighted by Gasteiger charge is -2.37. The van der Waals surface area contributed by atoms with Gasteiger partial charge in [-0.15, -0.1) is 0 Å². The van der Waals surface area contributed by atoms with Crippen LogP contribution in [0.4, 0.5) is 0 Å². The third kappa shape index (κ3) is 2.39. The summed E-state index contributed by atoms with van der Waals surface area (Å²) in [6.07, 6.45) is 4.74. The second kappa shape index (κ2) is 5.55. The molecule has 0 bridgehead atoms. The molecule has 0 spiro atoms. The summed E-state index contributed by atoms with van der Waals surface area (Å²) < 4.78 is 0. The zero-order chi connectivity index (χ0) is 16.0. The lowest BCUT2D eigenvalue weighted by molar-refractivity contribution is -0.122. The molecule has 0 aromatic heterocycles. The van der Waals surface area contributed by atoms with E-state index in [9.17, 15) is 9.59 Å². The molecule has 3 nitrogen and oxygen atoms in total. The smallest absolute Gasteiger partial charge is 0.161 e. The minimum atomic E-state index is -0.216. The molecular formula is C20H21NO2. The SMILES string of the molecule is Cc1ccc([C@H]2C3=C(CCCC3=O)N=C3CCCC(=O)C32)cc1. The highest BCUT2D eigenvalue weighted by molar-refractivity contribution is 6.12. The number of hydrogen-bond acceptors (Lipinski definition) is 3. The molecule has 0 amide bonds. The van der Waals surface area contributed by atoms with E-state index < -0.39 is 0 Å². The predicted octanol–water partition coefficient (Wildman–Crippen LogP) is 3.91. The van der Waals surface area contributed by atoms with Gasteiger partial charge in [0, 0.05) is 35.7 Å². The largest absolute Gasteiger partial charge is 0.299 e. The molecular weight excluding hydrogens is 286 g/mol. The highest BCUT2D eigenvalue weighted by Crippen LogP contribution is 2.45. The number of carbonyl (C=O) groups is 2. The number of benzene rings is 1. The first-order valence-electron chi connectivity index (χ1n) is 8.58.